The highest BCUT2D eigenvalue weighted by atomic mass is 16.6. The molecule has 0 N–H and O–H groups in total. The van der Waals surface area contributed by atoms with Crippen LogP contribution in [0.1, 0.15) is 23.0 Å². The number of hydrogen-bond donors (Lipinski definition) is 0. The van der Waals surface area contributed by atoms with Crippen molar-refractivity contribution < 1.29 is 19.2 Å². The third-order valence-corrected chi connectivity index (χ3v) is 3.20. The molecule has 7 heteroatoms. The summed E-state index contributed by atoms with van der Waals surface area (Å²) in [5.74, 6) is -0.0923. The molecule has 0 bridgehead atoms. The molecule has 1 atom stereocenters. The summed E-state index contributed by atoms with van der Waals surface area (Å²) in [7, 11) is 1.53. The Kier molecular flexibility index (Phi) is 4.90. The highest BCUT2D eigenvalue weighted by molar-refractivity contribution is 5.99. The van der Waals surface area contributed by atoms with E-state index in [9.17, 15) is 14.9 Å². The lowest BCUT2D eigenvalue weighted by atomic mass is 10.1. The Bertz CT molecular complexity index is 728. The predicted octanol–water partition coefficient (Wildman–Crippen LogP) is 2.96. The van der Waals surface area contributed by atoms with Gasteiger partial charge in [-0.3, -0.25) is 4.79 Å². The van der Waals surface area contributed by atoms with Crippen LogP contribution in [0, 0.1) is 17.0 Å². The fourth-order valence-electron chi connectivity index (χ4n) is 1.99. The zero-order valence-electron chi connectivity index (χ0n) is 13.0. The molecule has 2 aromatic rings. The van der Waals surface area contributed by atoms with Crippen LogP contribution >= 0.6 is 0 Å². The SMILES string of the molecule is COc1ccc(C(=O)[C@@H](C)Oc2ccc(C)nc2[N+](=O)[O-])cc1. The van der Waals surface area contributed by atoms with Crippen LogP contribution in [0.4, 0.5) is 5.82 Å². The summed E-state index contributed by atoms with van der Waals surface area (Å²) in [6.45, 7) is 3.18. The first-order valence-corrected chi connectivity index (χ1v) is 6.89. The summed E-state index contributed by atoms with van der Waals surface area (Å²) >= 11 is 0. The monoisotopic (exact) mass is 316 g/mol. The van der Waals surface area contributed by atoms with Crippen LogP contribution in [0.25, 0.3) is 0 Å². The average molecular weight is 316 g/mol. The Morgan fingerprint density at radius 3 is 2.43 bits per heavy atom. The maximum Gasteiger partial charge on any atom is 0.406 e. The molecule has 120 valence electrons. The number of nitrogens with zero attached hydrogens (tertiary/aromatic N) is 2. The first kappa shape index (κ1) is 16.4. The molecule has 0 aliphatic carbocycles. The fraction of sp³-hybridized carbons (Fsp3) is 0.250. The molecule has 0 amide bonds. The van der Waals surface area contributed by atoms with Crippen LogP contribution < -0.4 is 9.47 Å². The van der Waals surface area contributed by atoms with E-state index in [1.165, 1.54) is 20.1 Å². The number of methoxy groups -OCH3 is 1. The van der Waals surface area contributed by atoms with E-state index < -0.39 is 16.8 Å². The van der Waals surface area contributed by atoms with Gasteiger partial charge in [0.2, 0.25) is 11.5 Å². The number of Topliss-reactive ketones (excluding diaryl/α,β-unsaturated/α-hetero) is 1. The number of pyridine rings is 1. The minimum atomic E-state index is -0.883. The summed E-state index contributed by atoms with van der Waals surface area (Å²) in [6, 6.07) is 9.59. The van der Waals surface area contributed by atoms with Gasteiger partial charge in [-0.25, -0.2) is 0 Å². The van der Waals surface area contributed by atoms with E-state index in [-0.39, 0.29) is 11.5 Å². The van der Waals surface area contributed by atoms with E-state index >= 15 is 0 Å². The number of benzene rings is 1. The van der Waals surface area contributed by atoms with Gasteiger partial charge < -0.3 is 19.6 Å². The topological polar surface area (TPSA) is 91.6 Å². The second kappa shape index (κ2) is 6.87. The Labute approximate surface area is 133 Å². The van der Waals surface area contributed by atoms with Crippen molar-refractivity contribution in [2.75, 3.05) is 7.11 Å². The Balaban J connectivity index is 2.19. The minimum absolute atomic E-state index is 0.0324. The normalized spacial score (nSPS) is 11.6. The summed E-state index contributed by atoms with van der Waals surface area (Å²) < 4.78 is 10.5. The molecule has 1 aromatic carbocycles. The lowest BCUT2D eigenvalue weighted by Crippen LogP contribution is -2.24. The van der Waals surface area contributed by atoms with Crippen molar-refractivity contribution >= 4 is 11.6 Å². The van der Waals surface area contributed by atoms with Gasteiger partial charge in [0.05, 0.1) is 7.11 Å². The molecule has 0 saturated carbocycles. The van der Waals surface area contributed by atoms with E-state index in [0.29, 0.717) is 17.0 Å². The maximum atomic E-state index is 12.3. The van der Waals surface area contributed by atoms with E-state index in [1.807, 2.05) is 0 Å². The predicted molar refractivity (Wildman–Crippen MR) is 83.0 cm³/mol. The second-order valence-electron chi connectivity index (χ2n) is 4.88. The van der Waals surface area contributed by atoms with Gasteiger partial charge in [-0.1, -0.05) is 0 Å². The molecular formula is C16H16N2O5. The van der Waals surface area contributed by atoms with Crippen LogP contribution in [0.15, 0.2) is 36.4 Å². The number of aryl methyl sites for hydroxylation is 1. The summed E-state index contributed by atoms with van der Waals surface area (Å²) in [4.78, 5) is 26.6. The number of ketones is 1. The van der Waals surface area contributed by atoms with Crippen molar-refractivity contribution in [2.24, 2.45) is 0 Å². The number of hydrogen-bond acceptors (Lipinski definition) is 6. The first-order valence-electron chi connectivity index (χ1n) is 6.89. The molecule has 1 aromatic heterocycles. The van der Waals surface area contributed by atoms with Gasteiger partial charge in [0.15, 0.2) is 6.10 Å². The molecular weight excluding hydrogens is 300 g/mol. The van der Waals surface area contributed by atoms with Crippen molar-refractivity contribution in [2.45, 2.75) is 20.0 Å². The molecule has 7 nitrogen and oxygen atoms in total. The molecule has 2 rings (SSSR count). The minimum Gasteiger partial charge on any atom is -0.497 e. The van der Waals surface area contributed by atoms with Crippen molar-refractivity contribution in [1.82, 2.24) is 4.98 Å². The Morgan fingerprint density at radius 2 is 1.87 bits per heavy atom. The van der Waals surface area contributed by atoms with Crippen LogP contribution in [0.5, 0.6) is 11.5 Å². The largest absolute Gasteiger partial charge is 0.497 e. The smallest absolute Gasteiger partial charge is 0.406 e. The van der Waals surface area contributed by atoms with Gasteiger partial charge in [-0.05, 0) is 53.2 Å². The zero-order chi connectivity index (χ0) is 17.0. The molecule has 0 saturated heterocycles. The van der Waals surface area contributed by atoms with Gasteiger partial charge in [-0.15, -0.1) is 0 Å². The number of carbonyl (C=O) groups is 1. The molecule has 0 aliphatic heterocycles. The van der Waals surface area contributed by atoms with Gasteiger partial charge in [0.25, 0.3) is 0 Å². The van der Waals surface area contributed by atoms with E-state index in [2.05, 4.69) is 4.98 Å². The van der Waals surface area contributed by atoms with Crippen molar-refractivity contribution in [3.8, 4) is 11.5 Å². The average Bonchev–Trinajstić information content (AvgIpc) is 2.55. The maximum absolute atomic E-state index is 12.3. The van der Waals surface area contributed by atoms with Gasteiger partial charge in [0.1, 0.15) is 11.4 Å². The highest BCUT2D eigenvalue weighted by Crippen LogP contribution is 2.26. The third kappa shape index (κ3) is 3.82. The lowest BCUT2D eigenvalue weighted by molar-refractivity contribution is -0.390. The molecule has 23 heavy (non-hydrogen) atoms. The molecule has 0 radical (unpaired) electrons. The summed E-state index contributed by atoms with van der Waals surface area (Å²) in [5.41, 5.74) is 0.930. The van der Waals surface area contributed by atoms with E-state index in [0.717, 1.165) is 0 Å². The van der Waals surface area contributed by atoms with Crippen molar-refractivity contribution in [3.05, 3.63) is 57.8 Å². The van der Waals surface area contributed by atoms with Crippen LogP contribution in [-0.2, 0) is 0 Å². The number of rotatable bonds is 6. The molecule has 0 fully saturated rings. The van der Waals surface area contributed by atoms with Gasteiger partial charge in [0, 0.05) is 12.5 Å². The standard InChI is InChI=1S/C16H16N2O5/c1-10-4-9-14(16(17-10)18(20)21)23-11(2)15(19)12-5-7-13(22-3)8-6-12/h4-9,11H,1-3H3/t11-/m1/s1. The van der Waals surface area contributed by atoms with Gasteiger partial charge in [-0.2, -0.15) is 0 Å². The van der Waals surface area contributed by atoms with Crippen LogP contribution in [0.2, 0.25) is 0 Å². The zero-order valence-corrected chi connectivity index (χ0v) is 13.0. The Morgan fingerprint density at radius 1 is 1.22 bits per heavy atom. The van der Waals surface area contributed by atoms with Crippen LogP contribution in [-0.4, -0.2) is 28.9 Å². The fourth-order valence-corrected chi connectivity index (χ4v) is 1.99. The summed E-state index contributed by atoms with van der Waals surface area (Å²) in [6.07, 6.45) is -0.883. The van der Waals surface area contributed by atoms with E-state index in [1.54, 1.807) is 37.3 Å². The summed E-state index contributed by atoms with van der Waals surface area (Å²) in [5, 5.41) is 11.0. The Hall–Kier alpha value is -2.96. The van der Waals surface area contributed by atoms with E-state index in [4.69, 9.17) is 9.47 Å². The molecule has 0 aliphatic rings. The number of nitro groups is 1. The lowest BCUT2D eigenvalue weighted by Gasteiger charge is -2.13. The van der Waals surface area contributed by atoms with Crippen LogP contribution in [0.3, 0.4) is 0 Å². The number of ether oxygens (including phenoxy) is 2. The number of carbonyl (C=O) groups excluding carboxylic acids is 1. The third-order valence-electron chi connectivity index (χ3n) is 3.20. The van der Waals surface area contributed by atoms with Gasteiger partial charge >= 0.3 is 5.82 Å². The highest BCUT2D eigenvalue weighted by Gasteiger charge is 2.23. The van der Waals surface area contributed by atoms with Crippen molar-refractivity contribution in [1.29, 1.82) is 0 Å². The molecule has 1 heterocycles. The first-order chi connectivity index (χ1) is 10.9. The molecule has 0 unspecified atom stereocenters. The number of aromatic nitrogens is 1. The van der Waals surface area contributed by atoms with Crippen molar-refractivity contribution in [3.63, 3.8) is 0 Å². The second-order valence-corrected chi connectivity index (χ2v) is 4.88. The quantitative estimate of drug-likeness (QED) is 0.462. The molecule has 0 spiro atoms.